The summed E-state index contributed by atoms with van der Waals surface area (Å²) in [4.78, 5) is 0. The molecule has 2 rings (SSSR count). The maximum Gasteiger partial charge on any atom is 0.215 e. The molecule has 0 bridgehead atoms. The normalized spacial score (nSPS) is 11.3. The molecular formula is C16H19NO3S. The van der Waals surface area contributed by atoms with Gasteiger partial charge in [0.25, 0.3) is 0 Å². The van der Waals surface area contributed by atoms with Gasteiger partial charge < -0.3 is 4.74 Å². The number of sulfonamides is 1. The van der Waals surface area contributed by atoms with Crippen molar-refractivity contribution in [1.29, 1.82) is 0 Å². The van der Waals surface area contributed by atoms with Crippen molar-refractivity contribution in [3.05, 3.63) is 65.7 Å². The number of hydrogen-bond donors (Lipinski definition) is 1. The molecule has 5 heteroatoms. The molecule has 1 N–H and O–H groups in total. The molecule has 0 fully saturated rings. The van der Waals surface area contributed by atoms with Crippen molar-refractivity contribution in [2.24, 2.45) is 0 Å². The van der Waals surface area contributed by atoms with Crippen molar-refractivity contribution in [1.82, 2.24) is 4.72 Å². The van der Waals surface area contributed by atoms with Gasteiger partial charge in [-0.05, 0) is 30.2 Å². The first-order chi connectivity index (χ1) is 10.1. The molecule has 21 heavy (non-hydrogen) atoms. The summed E-state index contributed by atoms with van der Waals surface area (Å²) in [5.74, 6) is 0.723. The second-order valence-electron chi connectivity index (χ2n) is 4.74. The fourth-order valence-electron chi connectivity index (χ4n) is 1.91. The molecule has 0 atom stereocenters. The van der Waals surface area contributed by atoms with E-state index in [0.29, 0.717) is 6.61 Å². The number of rotatable bonds is 7. The minimum atomic E-state index is -3.34. The Kier molecular flexibility index (Phi) is 5.36. The Balaban J connectivity index is 1.81. The van der Waals surface area contributed by atoms with Gasteiger partial charge in [-0.3, -0.25) is 0 Å². The smallest absolute Gasteiger partial charge is 0.215 e. The molecule has 2 aromatic rings. The molecule has 0 aliphatic rings. The molecule has 0 spiro atoms. The van der Waals surface area contributed by atoms with E-state index in [1.807, 2.05) is 61.5 Å². The molecule has 0 aliphatic carbocycles. The van der Waals surface area contributed by atoms with Gasteiger partial charge in [0.15, 0.2) is 0 Å². The summed E-state index contributed by atoms with van der Waals surface area (Å²) >= 11 is 0. The molecule has 0 unspecified atom stereocenters. The second-order valence-corrected chi connectivity index (χ2v) is 6.55. The van der Waals surface area contributed by atoms with Gasteiger partial charge in [0, 0.05) is 6.54 Å². The highest BCUT2D eigenvalue weighted by molar-refractivity contribution is 7.88. The summed E-state index contributed by atoms with van der Waals surface area (Å²) in [6.45, 7) is 2.46. The number of ether oxygens (including phenoxy) is 1. The van der Waals surface area contributed by atoms with Gasteiger partial charge in [-0.25, -0.2) is 13.1 Å². The van der Waals surface area contributed by atoms with Crippen LogP contribution in [-0.2, 0) is 15.8 Å². The first-order valence-corrected chi connectivity index (χ1v) is 8.42. The maximum absolute atomic E-state index is 12.0. The number of para-hydroxylation sites is 1. The number of hydrogen-bond acceptors (Lipinski definition) is 3. The van der Waals surface area contributed by atoms with Crippen molar-refractivity contribution in [3.8, 4) is 5.75 Å². The number of nitrogens with one attached hydrogen (secondary N) is 1. The van der Waals surface area contributed by atoms with Crippen LogP contribution in [0.3, 0.4) is 0 Å². The van der Waals surface area contributed by atoms with Crippen molar-refractivity contribution in [2.75, 3.05) is 13.2 Å². The highest BCUT2D eigenvalue weighted by Crippen LogP contribution is 2.10. The van der Waals surface area contributed by atoms with E-state index in [0.717, 1.165) is 16.9 Å². The average Bonchev–Trinajstić information content (AvgIpc) is 2.47. The molecule has 112 valence electrons. The zero-order valence-corrected chi connectivity index (χ0v) is 12.8. The van der Waals surface area contributed by atoms with Crippen LogP contribution in [0.4, 0.5) is 0 Å². The van der Waals surface area contributed by atoms with Crippen LogP contribution < -0.4 is 9.46 Å². The Labute approximate surface area is 125 Å². The molecular weight excluding hydrogens is 286 g/mol. The molecule has 4 nitrogen and oxygen atoms in total. The van der Waals surface area contributed by atoms with Crippen molar-refractivity contribution in [3.63, 3.8) is 0 Å². The molecule has 2 aromatic carbocycles. The van der Waals surface area contributed by atoms with Crippen LogP contribution in [0.2, 0.25) is 0 Å². The Morgan fingerprint density at radius 2 is 1.67 bits per heavy atom. The quantitative estimate of drug-likeness (QED) is 0.800. The predicted molar refractivity (Wildman–Crippen MR) is 83.7 cm³/mol. The van der Waals surface area contributed by atoms with E-state index in [1.54, 1.807) is 0 Å². The largest absolute Gasteiger partial charge is 0.492 e. The Morgan fingerprint density at radius 1 is 1.00 bits per heavy atom. The van der Waals surface area contributed by atoms with E-state index in [-0.39, 0.29) is 12.3 Å². The SMILES string of the molecule is Cc1ccccc1CS(=O)(=O)NCCOc1ccccc1. The Bertz CT molecular complexity index is 669. The first-order valence-electron chi connectivity index (χ1n) is 6.76. The monoisotopic (exact) mass is 305 g/mol. The van der Waals surface area contributed by atoms with Crippen molar-refractivity contribution >= 4 is 10.0 Å². The summed E-state index contributed by atoms with van der Waals surface area (Å²) in [6.07, 6.45) is 0. The molecule has 0 amide bonds. The van der Waals surface area contributed by atoms with Crippen LogP contribution in [0, 0.1) is 6.92 Å². The fraction of sp³-hybridized carbons (Fsp3) is 0.250. The van der Waals surface area contributed by atoms with Crippen molar-refractivity contribution < 1.29 is 13.2 Å². The minimum Gasteiger partial charge on any atom is -0.492 e. The van der Waals surface area contributed by atoms with E-state index >= 15 is 0 Å². The van der Waals surface area contributed by atoms with E-state index in [4.69, 9.17) is 4.74 Å². The zero-order chi connectivity index (χ0) is 15.1. The molecule has 0 saturated heterocycles. The number of aryl methyl sites for hydroxylation is 1. The maximum atomic E-state index is 12.0. The van der Waals surface area contributed by atoms with E-state index in [2.05, 4.69) is 4.72 Å². The van der Waals surface area contributed by atoms with Gasteiger partial charge in [-0.1, -0.05) is 42.5 Å². The topological polar surface area (TPSA) is 55.4 Å². The summed E-state index contributed by atoms with van der Waals surface area (Å²) in [7, 11) is -3.34. The summed E-state index contributed by atoms with van der Waals surface area (Å²) in [5.41, 5.74) is 1.79. The molecule has 0 aliphatic heterocycles. The van der Waals surface area contributed by atoms with Crippen LogP contribution in [0.1, 0.15) is 11.1 Å². The minimum absolute atomic E-state index is 0.00892. The predicted octanol–water partition coefficient (Wildman–Crippen LogP) is 2.49. The lowest BCUT2D eigenvalue weighted by atomic mass is 10.1. The molecule has 0 aromatic heterocycles. The second kappa shape index (κ2) is 7.24. The summed E-state index contributed by atoms with van der Waals surface area (Å²) in [6, 6.07) is 16.8. The first kappa shape index (κ1) is 15.5. The van der Waals surface area contributed by atoms with Crippen molar-refractivity contribution in [2.45, 2.75) is 12.7 Å². The number of benzene rings is 2. The lowest BCUT2D eigenvalue weighted by Gasteiger charge is -2.09. The van der Waals surface area contributed by atoms with Crippen LogP contribution in [0.15, 0.2) is 54.6 Å². The molecule has 0 saturated carbocycles. The average molecular weight is 305 g/mol. The highest BCUT2D eigenvalue weighted by atomic mass is 32.2. The standard InChI is InChI=1S/C16H19NO3S/c1-14-7-5-6-8-15(14)13-21(18,19)17-11-12-20-16-9-3-2-4-10-16/h2-10,17H,11-13H2,1H3. The van der Waals surface area contributed by atoms with Gasteiger partial charge in [0.2, 0.25) is 10.0 Å². The Hall–Kier alpha value is -1.85. The van der Waals surface area contributed by atoms with E-state index < -0.39 is 10.0 Å². The zero-order valence-electron chi connectivity index (χ0n) is 12.0. The van der Waals surface area contributed by atoms with Gasteiger partial charge in [-0.15, -0.1) is 0 Å². The van der Waals surface area contributed by atoms with E-state index in [1.165, 1.54) is 0 Å². The summed E-state index contributed by atoms with van der Waals surface area (Å²) in [5, 5.41) is 0. The van der Waals surface area contributed by atoms with E-state index in [9.17, 15) is 8.42 Å². The van der Waals surface area contributed by atoms with Gasteiger partial charge in [0.05, 0.1) is 5.75 Å². The lowest BCUT2D eigenvalue weighted by Crippen LogP contribution is -2.29. The third-order valence-corrected chi connectivity index (χ3v) is 4.38. The van der Waals surface area contributed by atoms with Crippen LogP contribution in [0.5, 0.6) is 5.75 Å². The third-order valence-electron chi connectivity index (χ3n) is 3.04. The lowest BCUT2D eigenvalue weighted by molar-refractivity contribution is 0.323. The molecule has 0 heterocycles. The van der Waals surface area contributed by atoms with Crippen LogP contribution in [-0.4, -0.2) is 21.6 Å². The highest BCUT2D eigenvalue weighted by Gasteiger charge is 2.12. The Morgan fingerprint density at radius 3 is 2.38 bits per heavy atom. The van der Waals surface area contributed by atoms with Gasteiger partial charge in [0.1, 0.15) is 12.4 Å². The molecule has 0 radical (unpaired) electrons. The van der Waals surface area contributed by atoms with Crippen LogP contribution >= 0.6 is 0 Å². The third kappa shape index (κ3) is 5.21. The van der Waals surface area contributed by atoms with Gasteiger partial charge in [-0.2, -0.15) is 0 Å². The van der Waals surface area contributed by atoms with Crippen LogP contribution in [0.25, 0.3) is 0 Å². The van der Waals surface area contributed by atoms with Gasteiger partial charge >= 0.3 is 0 Å². The summed E-state index contributed by atoms with van der Waals surface area (Å²) < 4.78 is 32.0. The fourth-order valence-corrected chi connectivity index (χ4v) is 3.14.